The normalized spacial score (nSPS) is 26.7. The summed E-state index contributed by atoms with van der Waals surface area (Å²) >= 11 is 0. The van der Waals surface area contributed by atoms with Gasteiger partial charge in [0.15, 0.2) is 0 Å². The Morgan fingerprint density at radius 3 is 2.61 bits per heavy atom. The monoisotopic (exact) mass is 435 g/mol. The van der Waals surface area contributed by atoms with E-state index in [-0.39, 0.29) is 36.6 Å². The third-order valence-corrected chi connectivity index (χ3v) is 6.80. The predicted molar refractivity (Wildman–Crippen MR) is 126 cm³/mol. The lowest BCUT2D eigenvalue weighted by Gasteiger charge is -2.30. The molecule has 0 bridgehead atoms. The molecule has 0 aromatic carbocycles. The number of allylic oxidation sites excluding steroid dienone is 1. The highest BCUT2D eigenvalue weighted by Crippen LogP contribution is 2.47. The van der Waals surface area contributed by atoms with Crippen LogP contribution in [0.1, 0.15) is 79.6 Å². The van der Waals surface area contributed by atoms with E-state index in [1.54, 1.807) is 0 Å². The average molecular weight is 436 g/mol. The van der Waals surface area contributed by atoms with Gasteiger partial charge in [0.1, 0.15) is 6.61 Å². The van der Waals surface area contributed by atoms with Crippen LogP contribution in [0.2, 0.25) is 0 Å². The van der Waals surface area contributed by atoms with E-state index in [9.17, 15) is 15.0 Å². The largest absolute Gasteiger partial charge is 0.392 e. The van der Waals surface area contributed by atoms with E-state index in [1.807, 2.05) is 38.7 Å². The van der Waals surface area contributed by atoms with Crippen LogP contribution in [0, 0.1) is 17.8 Å². The summed E-state index contributed by atoms with van der Waals surface area (Å²) in [6.07, 6.45) is 12.3. The number of hydrogen-bond acceptors (Lipinski definition) is 4. The van der Waals surface area contributed by atoms with Gasteiger partial charge in [-0.1, -0.05) is 50.0 Å². The molecule has 31 heavy (non-hydrogen) atoms. The molecule has 1 saturated carbocycles. The van der Waals surface area contributed by atoms with Crippen molar-refractivity contribution in [2.75, 3.05) is 13.2 Å². The summed E-state index contributed by atoms with van der Waals surface area (Å²) in [4.78, 5) is 14.3. The van der Waals surface area contributed by atoms with Crippen molar-refractivity contribution < 1.29 is 19.7 Å². The maximum absolute atomic E-state index is 12.4. The molecule has 2 aliphatic carbocycles. The minimum atomic E-state index is -0.409. The van der Waals surface area contributed by atoms with Crippen LogP contribution in [0.5, 0.6) is 0 Å². The van der Waals surface area contributed by atoms with Gasteiger partial charge in [-0.3, -0.25) is 4.79 Å². The number of nitrogens with zero attached hydrogens (tertiary/aromatic N) is 1. The standard InChI is InChI=1S/C26H45NO4/c1-6-7-8-9-22(28)10-11-23-24-15-20(14-21(24)16-25(23)29)12-13-31-17-26(30)27(18(2)3)19(4)5/h10-11,14,18-19,21-25,28-29H,6-9,12-13,15-17H2,1-5H3/b11-10+/t21-,22-,23+,24-,25+/m0/s1. The maximum Gasteiger partial charge on any atom is 0.249 e. The van der Waals surface area contributed by atoms with E-state index in [2.05, 4.69) is 19.1 Å². The Labute approximate surface area is 189 Å². The van der Waals surface area contributed by atoms with Gasteiger partial charge in [-0.05, 0) is 65.2 Å². The van der Waals surface area contributed by atoms with Crippen molar-refractivity contribution in [2.45, 2.75) is 104 Å². The van der Waals surface area contributed by atoms with Crippen LogP contribution in [-0.4, -0.2) is 58.5 Å². The summed E-state index contributed by atoms with van der Waals surface area (Å²) in [6, 6.07) is 0.351. The lowest BCUT2D eigenvalue weighted by atomic mass is 9.88. The van der Waals surface area contributed by atoms with Crippen LogP contribution in [0.25, 0.3) is 0 Å². The lowest BCUT2D eigenvalue weighted by Crippen LogP contribution is -2.44. The molecule has 0 aromatic rings. The quantitative estimate of drug-likeness (QED) is 0.331. The summed E-state index contributed by atoms with van der Waals surface area (Å²) in [5, 5.41) is 20.7. The molecule has 5 nitrogen and oxygen atoms in total. The number of ether oxygens (including phenoxy) is 1. The topological polar surface area (TPSA) is 70.0 Å². The minimum Gasteiger partial charge on any atom is -0.392 e. The number of aliphatic hydroxyl groups is 2. The van der Waals surface area contributed by atoms with Gasteiger partial charge < -0.3 is 19.8 Å². The molecule has 2 aliphatic rings. The van der Waals surface area contributed by atoms with E-state index >= 15 is 0 Å². The minimum absolute atomic E-state index is 0.0492. The Balaban J connectivity index is 1.76. The smallest absolute Gasteiger partial charge is 0.249 e. The molecule has 178 valence electrons. The van der Waals surface area contributed by atoms with Crippen molar-refractivity contribution >= 4 is 5.91 Å². The third-order valence-electron chi connectivity index (χ3n) is 6.80. The molecule has 0 aromatic heterocycles. The van der Waals surface area contributed by atoms with Gasteiger partial charge in [0.05, 0.1) is 18.8 Å². The Kier molecular flexibility index (Phi) is 10.7. The van der Waals surface area contributed by atoms with Crippen LogP contribution in [0.3, 0.4) is 0 Å². The zero-order valence-corrected chi connectivity index (χ0v) is 20.3. The second-order valence-electron chi connectivity index (χ2n) is 9.98. The van der Waals surface area contributed by atoms with Gasteiger partial charge in [0, 0.05) is 18.0 Å². The SMILES string of the molecule is CCCCC[C@H](O)/C=C/[C@@H]1[C@H]2CC(CCOCC(=O)N(C(C)C)C(C)C)=C[C@H]2C[C@H]1O. The van der Waals surface area contributed by atoms with Gasteiger partial charge in [0.25, 0.3) is 0 Å². The number of carbonyl (C=O) groups excluding carboxylic acids is 1. The second kappa shape index (κ2) is 12.8. The second-order valence-corrected chi connectivity index (χ2v) is 9.98. The molecule has 0 aliphatic heterocycles. The number of fused-ring (bicyclic) bond motifs is 1. The maximum atomic E-state index is 12.4. The summed E-state index contributed by atoms with van der Waals surface area (Å²) in [7, 11) is 0. The Hall–Kier alpha value is -1.17. The number of aliphatic hydroxyl groups excluding tert-OH is 2. The van der Waals surface area contributed by atoms with E-state index in [0.29, 0.717) is 18.4 Å². The zero-order valence-electron chi connectivity index (χ0n) is 20.3. The summed E-state index contributed by atoms with van der Waals surface area (Å²) in [5.41, 5.74) is 1.38. The van der Waals surface area contributed by atoms with Crippen LogP contribution in [-0.2, 0) is 9.53 Å². The molecule has 0 radical (unpaired) electrons. The predicted octanol–water partition coefficient (Wildman–Crippen LogP) is 4.48. The molecule has 1 amide bonds. The highest BCUT2D eigenvalue weighted by atomic mass is 16.5. The molecular weight excluding hydrogens is 390 g/mol. The van der Waals surface area contributed by atoms with Crippen molar-refractivity contribution in [3.05, 3.63) is 23.8 Å². The lowest BCUT2D eigenvalue weighted by molar-refractivity contribution is -0.139. The molecule has 0 spiro atoms. The number of carbonyl (C=O) groups is 1. The van der Waals surface area contributed by atoms with Crippen molar-refractivity contribution in [2.24, 2.45) is 17.8 Å². The molecule has 1 fully saturated rings. The Morgan fingerprint density at radius 1 is 1.26 bits per heavy atom. The molecule has 0 saturated heterocycles. The Morgan fingerprint density at radius 2 is 1.97 bits per heavy atom. The summed E-state index contributed by atoms with van der Waals surface area (Å²) in [6.45, 7) is 11.0. The summed E-state index contributed by atoms with van der Waals surface area (Å²) < 4.78 is 5.71. The van der Waals surface area contributed by atoms with Crippen molar-refractivity contribution in [1.82, 2.24) is 4.90 Å². The first-order chi connectivity index (χ1) is 14.7. The molecule has 5 atom stereocenters. The molecular formula is C26H45NO4. The molecule has 2 rings (SSSR count). The van der Waals surface area contributed by atoms with Crippen LogP contribution in [0.15, 0.2) is 23.8 Å². The fraction of sp³-hybridized carbons (Fsp3) is 0.808. The van der Waals surface area contributed by atoms with E-state index in [4.69, 9.17) is 4.74 Å². The number of rotatable bonds is 13. The van der Waals surface area contributed by atoms with Crippen molar-refractivity contribution in [1.29, 1.82) is 0 Å². The first-order valence-electron chi connectivity index (χ1n) is 12.4. The van der Waals surface area contributed by atoms with Crippen LogP contribution < -0.4 is 0 Å². The Bertz CT molecular complexity index is 605. The highest BCUT2D eigenvalue weighted by Gasteiger charge is 2.43. The molecule has 0 heterocycles. The van der Waals surface area contributed by atoms with Crippen LogP contribution >= 0.6 is 0 Å². The number of hydrogen-bond donors (Lipinski definition) is 2. The van der Waals surface area contributed by atoms with E-state index in [0.717, 1.165) is 44.9 Å². The molecule has 0 unspecified atom stereocenters. The van der Waals surface area contributed by atoms with Gasteiger partial charge in [-0.2, -0.15) is 0 Å². The first-order valence-corrected chi connectivity index (χ1v) is 12.4. The average Bonchev–Trinajstić information content (AvgIpc) is 3.19. The van der Waals surface area contributed by atoms with Crippen molar-refractivity contribution in [3.8, 4) is 0 Å². The van der Waals surface area contributed by atoms with Gasteiger partial charge in [-0.15, -0.1) is 0 Å². The molecule has 5 heteroatoms. The highest BCUT2D eigenvalue weighted by molar-refractivity contribution is 5.78. The fourth-order valence-electron chi connectivity index (χ4n) is 5.36. The summed E-state index contributed by atoms with van der Waals surface area (Å²) in [5.74, 6) is 1.000. The van der Waals surface area contributed by atoms with Gasteiger partial charge in [0.2, 0.25) is 5.91 Å². The number of unbranched alkanes of at least 4 members (excludes halogenated alkanes) is 2. The third kappa shape index (κ3) is 7.73. The number of amides is 1. The fourth-order valence-corrected chi connectivity index (χ4v) is 5.36. The van der Waals surface area contributed by atoms with Gasteiger partial charge in [-0.25, -0.2) is 0 Å². The zero-order chi connectivity index (χ0) is 23.0. The molecule has 2 N–H and O–H groups in total. The first kappa shape index (κ1) is 26.1. The van der Waals surface area contributed by atoms with Crippen molar-refractivity contribution in [3.63, 3.8) is 0 Å². The van der Waals surface area contributed by atoms with Gasteiger partial charge >= 0.3 is 0 Å². The van der Waals surface area contributed by atoms with Crippen LogP contribution in [0.4, 0.5) is 0 Å². The van der Waals surface area contributed by atoms with E-state index in [1.165, 1.54) is 5.57 Å². The van der Waals surface area contributed by atoms with E-state index < -0.39 is 6.10 Å².